The molecule has 0 unspecified atom stereocenters. The molecule has 78 valence electrons. The van der Waals surface area contributed by atoms with Crippen molar-refractivity contribution in [3.63, 3.8) is 0 Å². The van der Waals surface area contributed by atoms with Gasteiger partial charge in [0.1, 0.15) is 17.1 Å². The van der Waals surface area contributed by atoms with E-state index >= 15 is 0 Å². The van der Waals surface area contributed by atoms with E-state index in [1.165, 1.54) is 4.88 Å². The molecule has 15 heavy (non-hydrogen) atoms. The normalized spacial score (nSPS) is 10.2. The Morgan fingerprint density at radius 1 is 1.60 bits per heavy atom. The fraction of sp³-hybridized carbons (Fsp3) is 0.111. The first-order valence-electron chi connectivity index (χ1n) is 4.18. The molecule has 0 atom stereocenters. The molecular formula is C9H7BrN2OS2. The molecule has 0 saturated carbocycles. The number of halogens is 1. The maximum atomic E-state index is 10.7. The topological polar surface area (TPSA) is 45.8 Å². The summed E-state index contributed by atoms with van der Waals surface area (Å²) in [6, 6.07) is 4.05. The van der Waals surface area contributed by atoms with Crippen LogP contribution in [0.3, 0.4) is 0 Å². The quantitative estimate of drug-likeness (QED) is 0.867. The van der Waals surface area contributed by atoms with Gasteiger partial charge in [0, 0.05) is 17.5 Å². The number of nitrogens with one attached hydrogen (secondary N) is 1. The SMILES string of the molecule is O=S=c1[nH]c(Cc2cccs2)ncc1Br. The van der Waals surface area contributed by atoms with Crippen molar-refractivity contribution in [2.75, 3.05) is 0 Å². The van der Waals surface area contributed by atoms with Gasteiger partial charge in [0.15, 0.2) is 4.64 Å². The highest BCUT2D eigenvalue weighted by Gasteiger charge is 2.00. The van der Waals surface area contributed by atoms with Gasteiger partial charge in [-0.3, -0.25) is 0 Å². The van der Waals surface area contributed by atoms with E-state index in [9.17, 15) is 4.21 Å². The summed E-state index contributed by atoms with van der Waals surface area (Å²) in [6.07, 6.45) is 2.39. The van der Waals surface area contributed by atoms with Gasteiger partial charge in [0.2, 0.25) is 0 Å². The molecule has 0 aliphatic heterocycles. The van der Waals surface area contributed by atoms with Crippen molar-refractivity contribution in [1.29, 1.82) is 0 Å². The van der Waals surface area contributed by atoms with E-state index in [1.807, 2.05) is 17.5 Å². The Hall–Kier alpha value is -0.720. The van der Waals surface area contributed by atoms with E-state index in [1.54, 1.807) is 17.5 Å². The molecule has 2 aromatic heterocycles. The number of thiophene rings is 1. The molecule has 2 heterocycles. The van der Waals surface area contributed by atoms with E-state index in [0.29, 0.717) is 20.4 Å². The summed E-state index contributed by atoms with van der Waals surface area (Å²) in [6.45, 7) is 0. The standard InChI is InChI=1S/C9H7BrN2OS2/c10-7-5-11-8(12-9(7)15-13)4-6-2-1-3-14-6/h1-3,5H,4H2,(H,11,12). The van der Waals surface area contributed by atoms with E-state index < -0.39 is 0 Å². The Kier molecular flexibility index (Phi) is 3.50. The molecule has 0 bridgehead atoms. The zero-order valence-electron chi connectivity index (χ0n) is 7.57. The van der Waals surface area contributed by atoms with Gasteiger partial charge in [-0.15, -0.1) is 11.3 Å². The molecule has 0 amide bonds. The Morgan fingerprint density at radius 2 is 2.47 bits per heavy atom. The summed E-state index contributed by atoms with van der Waals surface area (Å²) in [5.41, 5.74) is 0. The third-order valence-electron chi connectivity index (χ3n) is 1.81. The van der Waals surface area contributed by atoms with Crippen LogP contribution in [0.15, 0.2) is 28.2 Å². The molecule has 0 aliphatic carbocycles. The van der Waals surface area contributed by atoms with Gasteiger partial charge in [0.05, 0.1) is 4.47 Å². The second-order valence-corrected chi connectivity index (χ2v) is 5.31. The molecule has 0 radical (unpaired) electrons. The van der Waals surface area contributed by atoms with Crippen LogP contribution in [-0.4, -0.2) is 14.2 Å². The van der Waals surface area contributed by atoms with Crippen LogP contribution in [0, 0.1) is 4.64 Å². The highest BCUT2D eigenvalue weighted by atomic mass is 79.9. The molecule has 0 fully saturated rings. The van der Waals surface area contributed by atoms with Crippen molar-refractivity contribution in [1.82, 2.24) is 9.97 Å². The molecule has 3 nitrogen and oxygen atoms in total. The lowest BCUT2D eigenvalue weighted by Gasteiger charge is -1.98. The number of rotatable bonds is 2. The van der Waals surface area contributed by atoms with Crippen LogP contribution in [0.5, 0.6) is 0 Å². The minimum Gasteiger partial charge on any atom is -0.332 e. The van der Waals surface area contributed by atoms with Crippen LogP contribution in [0.2, 0.25) is 0 Å². The lowest BCUT2D eigenvalue weighted by Crippen LogP contribution is -1.95. The van der Waals surface area contributed by atoms with Crippen molar-refractivity contribution in [2.24, 2.45) is 0 Å². The van der Waals surface area contributed by atoms with Crippen LogP contribution >= 0.6 is 27.3 Å². The van der Waals surface area contributed by atoms with Crippen molar-refractivity contribution in [3.8, 4) is 0 Å². The summed E-state index contributed by atoms with van der Waals surface area (Å²) in [5.74, 6) is 0.805. The Bertz CT molecular complexity index is 543. The van der Waals surface area contributed by atoms with E-state index in [4.69, 9.17) is 0 Å². The maximum absolute atomic E-state index is 10.7. The third-order valence-corrected chi connectivity index (χ3v) is 4.04. The molecular weight excluding hydrogens is 296 g/mol. The zero-order valence-corrected chi connectivity index (χ0v) is 10.8. The zero-order chi connectivity index (χ0) is 10.7. The van der Waals surface area contributed by atoms with Crippen molar-refractivity contribution < 1.29 is 4.21 Å². The van der Waals surface area contributed by atoms with Crippen LogP contribution in [0.4, 0.5) is 0 Å². The van der Waals surface area contributed by atoms with Crippen LogP contribution in [-0.2, 0) is 17.7 Å². The van der Waals surface area contributed by atoms with Crippen molar-refractivity contribution in [3.05, 3.63) is 43.5 Å². The maximum Gasteiger partial charge on any atom is 0.150 e. The van der Waals surface area contributed by atoms with Gasteiger partial charge in [0.25, 0.3) is 0 Å². The minimum absolute atomic E-state index is 0.433. The summed E-state index contributed by atoms with van der Waals surface area (Å²) in [4.78, 5) is 8.44. The van der Waals surface area contributed by atoms with Gasteiger partial charge in [-0.25, -0.2) is 9.19 Å². The van der Waals surface area contributed by atoms with E-state index in [0.717, 1.165) is 12.2 Å². The molecule has 6 heteroatoms. The Labute approximate surface area is 102 Å². The average molecular weight is 303 g/mol. The number of H-pyrrole nitrogens is 1. The minimum atomic E-state index is 0.433. The predicted octanol–water partition coefficient (Wildman–Crippen LogP) is 2.57. The lowest BCUT2D eigenvalue weighted by atomic mass is 10.3. The van der Waals surface area contributed by atoms with Crippen molar-refractivity contribution >= 4 is 38.5 Å². The monoisotopic (exact) mass is 302 g/mol. The molecule has 2 aromatic rings. The second kappa shape index (κ2) is 4.87. The molecule has 1 N–H and O–H groups in total. The van der Waals surface area contributed by atoms with Gasteiger partial charge < -0.3 is 4.98 Å². The summed E-state index contributed by atoms with van der Waals surface area (Å²) in [5, 5.41) is 2.03. The third kappa shape index (κ3) is 2.64. The predicted molar refractivity (Wildman–Crippen MR) is 64.8 cm³/mol. The Morgan fingerprint density at radius 3 is 3.13 bits per heavy atom. The van der Waals surface area contributed by atoms with E-state index in [2.05, 4.69) is 25.9 Å². The van der Waals surface area contributed by atoms with Gasteiger partial charge in [-0.1, -0.05) is 6.07 Å². The first-order valence-corrected chi connectivity index (χ1v) is 6.60. The number of hydrogen-bond donors (Lipinski definition) is 1. The molecule has 0 saturated heterocycles. The Balaban J connectivity index is 2.35. The average Bonchev–Trinajstić information content (AvgIpc) is 2.73. The van der Waals surface area contributed by atoms with E-state index in [-0.39, 0.29) is 0 Å². The molecule has 0 spiro atoms. The van der Waals surface area contributed by atoms with Gasteiger partial charge >= 0.3 is 0 Å². The molecule has 0 aromatic carbocycles. The first-order chi connectivity index (χ1) is 7.29. The smallest absolute Gasteiger partial charge is 0.150 e. The first kappa shape index (κ1) is 10.8. The highest BCUT2D eigenvalue weighted by Crippen LogP contribution is 2.13. The number of nitrogens with zero attached hydrogens (tertiary/aromatic N) is 1. The number of aromatic amines is 1. The van der Waals surface area contributed by atoms with Crippen LogP contribution in [0.25, 0.3) is 0 Å². The number of hydrogen-bond acceptors (Lipinski definition) is 3. The lowest BCUT2D eigenvalue weighted by molar-refractivity contribution is 0.699. The fourth-order valence-corrected chi connectivity index (χ4v) is 2.55. The summed E-state index contributed by atoms with van der Waals surface area (Å²) >= 11 is 5.37. The van der Waals surface area contributed by atoms with Crippen molar-refractivity contribution in [2.45, 2.75) is 6.42 Å². The van der Waals surface area contributed by atoms with Gasteiger partial charge in [-0.2, -0.15) is 0 Å². The molecule has 2 rings (SSSR count). The highest BCUT2D eigenvalue weighted by molar-refractivity contribution is 9.10. The number of aromatic nitrogens is 2. The second-order valence-electron chi connectivity index (χ2n) is 2.85. The summed E-state index contributed by atoms with van der Waals surface area (Å²) in [7, 11) is 0. The largest absolute Gasteiger partial charge is 0.332 e. The fourth-order valence-electron chi connectivity index (χ4n) is 1.14. The van der Waals surface area contributed by atoms with Gasteiger partial charge in [-0.05, 0) is 27.4 Å². The molecule has 0 aliphatic rings. The summed E-state index contributed by atoms with van der Waals surface area (Å²) < 4.78 is 12.0. The van der Waals surface area contributed by atoms with Crippen LogP contribution in [0.1, 0.15) is 10.7 Å². The van der Waals surface area contributed by atoms with Crippen LogP contribution < -0.4 is 0 Å².